The zero-order chi connectivity index (χ0) is 22.1. The van der Waals surface area contributed by atoms with E-state index in [4.69, 9.17) is 4.74 Å². The van der Waals surface area contributed by atoms with Gasteiger partial charge in [0.1, 0.15) is 5.75 Å². The van der Waals surface area contributed by atoms with Gasteiger partial charge in [-0.05, 0) is 41.8 Å². The van der Waals surface area contributed by atoms with Crippen LogP contribution in [0.4, 0.5) is 0 Å². The fourth-order valence-corrected chi connectivity index (χ4v) is 3.46. The molecule has 2 unspecified atom stereocenters. The van der Waals surface area contributed by atoms with Crippen LogP contribution in [-0.2, 0) is 4.79 Å². The second-order valence-electron chi connectivity index (χ2n) is 7.31. The van der Waals surface area contributed by atoms with E-state index in [-0.39, 0.29) is 24.3 Å². The van der Waals surface area contributed by atoms with E-state index in [1.54, 1.807) is 19.2 Å². The van der Waals surface area contributed by atoms with E-state index in [0.29, 0.717) is 5.56 Å². The molecule has 3 rings (SSSR count). The first-order valence-corrected chi connectivity index (χ1v) is 10.4. The summed E-state index contributed by atoms with van der Waals surface area (Å²) in [5.74, 6) is 0.451. The van der Waals surface area contributed by atoms with Crippen LogP contribution < -0.4 is 15.4 Å². The van der Waals surface area contributed by atoms with Crippen LogP contribution in [0.1, 0.15) is 53.3 Å². The van der Waals surface area contributed by atoms with Gasteiger partial charge in [-0.3, -0.25) is 9.59 Å². The highest BCUT2D eigenvalue weighted by Gasteiger charge is 2.21. The Morgan fingerprint density at radius 2 is 1.35 bits per heavy atom. The van der Waals surface area contributed by atoms with Gasteiger partial charge in [-0.2, -0.15) is 0 Å². The van der Waals surface area contributed by atoms with Crippen LogP contribution in [0.3, 0.4) is 0 Å². The van der Waals surface area contributed by atoms with Gasteiger partial charge in [-0.25, -0.2) is 0 Å². The normalized spacial score (nSPS) is 12.5. The molecule has 2 N–H and O–H groups in total. The zero-order valence-corrected chi connectivity index (χ0v) is 17.9. The van der Waals surface area contributed by atoms with Crippen molar-refractivity contribution in [1.82, 2.24) is 10.6 Å². The van der Waals surface area contributed by atoms with Gasteiger partial charge >= 0.3 is 0 Å². The number of methoxy groups -OCH3 is 1. The van der Waals surface area contributed by atoms with Crippen molar-refractivity contribution < 1.29 is 14.3 Å². The molecule has 5 nitrogen and oxygen atoms in total. The Labute approximate surface area is 183 Å². The Morgan fingerprint density at radius 1 is 0.774 bits per heavy atom. The third-order valence-corrected chi connectivity index (χ3v) is 5.19. The average molecular weight is 417 g/mol. The van der Waals surface area contributed by atoms with Crippen molar-refractivity contribution in [3.8, 4) is 5.75 Å². The average Bonchev–Trinajstić information content (AvgIpc) is 2.83. The standard InChI is InChI=1S/C26H28N2O3/c1-3-23(20-14-16-22(31-2)17-15-20)27-25(29)18-24(19-10-6-4-7-11-19)28-26(30)21-12-8-5-9-13-21/h4-17,23-24H,3,18H2,1-2H3,(H,27,29)(H,28,30). The number of carbonyl (C=O) groups is 2. The minimum Gasteiger partial charge on any atom is -0.497 e. The Bertz CT molecular complexity index is 973. The lowest BCUT2D eigenvalue weighted by atomic mass is 10.0. The van der Waals surface area contributed by atoms with Crippen LogP contribution in [-0.4, -0.2) is 18.9 Å². The largest absolute Gasteiger partial charge is 0.497 e. The highest BCUT2D eigenvalue weighted by molar-refractivity contribution is 5.94. The maximum Gasteiger partial charge on any atom is 0.251 e. The summed E-state index contributed by atoms with van der Waals surface area (Å²) in [7, 11) is 1.63. The maximum atomic E-state index is 12.9. The molecule has 0 saturated carbocycles. The summed E-state index contributed by atoms with van der Waals surface area (Å²) < 4.78 is 5.21. The number of carbonyl (C=O) groups excluding carboxylic acids is 2. The van der Waals surface area contributed by atoms with Crippen molar-refractivity contribution in [3.63, 3.8) is 0 Å². The maximum absolute atomic E-state index is 12.9. The molecule has 31 heavy (non-hydrogen) atoms. The molecule has 0 aliphatic rings. The van der Waals surface area contributed by atoms with Crippen molar-refractivity contribution in [1.29, 1.82) is 0 Å². The summed E-state index contributed by atoms with van der Waals surface area (Å²) in [6, 6.07) is 25.7. The predicted octanol–water partition coefficient (Wildman–Crippen LogP) is 4.82. The number of rotatable bonds is 9. The fourth-order valence-electron chi connectivity index (χ4n) is 3.46. The lowest BCUT2D eigenvalue weighted by Gasteiger charge is -2.22. The minimum absolute atomic E-state index is 0.111. The van der Waals surface area contributed by atoms with Crippen LogP contribution in [0.25, 0.3) is 0 Å². The van der Waals surface area contributed by atoms with Crippen LogP contribution in [0.15, 0.2) is 84.9 Å². The second kappa shape index (κ2) is 11.0. The summed E-state index contributed by atoms with van der Waals surface area (Å²) in [6.07, 6.45) is 0.902. The molecule has 0 bridgehead atoms. The lowest BCUT2D eigenvalue weighted by molar-refractivity contribution is -0.122. The van der Waals surface area contributed by atoms with Crippen molar-refractivity contribution in [3.05, 3.63) is 102 Å². The van der Waals surface area contributed by atoms with Crippen molar-refractivity contribution in [2.24, 2.45) is 0 Å². The first-order chi connectivity index (χ1) is 15.1. The molecule has 0 aromatic heterocycles. The Balaban J connectivity index is 1.72. The molecule has 160 valence electrons. The number of hydrogen-bond donors (Lipinski definition) is 2. The zero-order valence-electron chi connectivity index (χ0n) is 17.9. The van der Waals surface area contributed by atoms with E-state index < -0.39 is 6.04 Å². The van der Waals surface area contributed by atoms with Gasteiger partial charge in [0.2, 0.25) is 5.91 Å². The summed E-state index contributed by atoms with van der Waals surface area (Å²) >= 11 is 0. The van der Waals surface area contributed by atoms with E-state index in [0.717, 1.165) is 23.3 Å². The molecular weight excluding hydrogens is 388 g/mol. The first kappa shape index (κ1) is 22.1. The van der Waals surface area contributed by atoms with E-state index in [1.165, 1.54) is 0 Å². The number of nitrogens with one attached hydrogen (secondary N) is 2. The van der Waals surface area contributed by atoms with Gasteiger partial charge in [0.15, 0.2) is 0 Å². The van der Waals surface area contributed by atoms with Crippen molar-refractivity contribution >= 4 is 11.8 Å². The lowest BCUT2D eigenvalue weighted by Crippen LogP contribution is -2.35. The predicted molar refractivity (Wildman–Crippen MR) is 122 cm³/mol. The van der Waals surface area contributed by atoms with Crippen LogP contribution >= 0.6 is 0 Å². The molecular formula is C26H28N2O3. The third-order valence-electron chi connectivity index (χ3n) is 5.19. The molecule has 0 aliphatic carbocycles. The van der Waals surface area contributed by atoms with Crippen LogP contribution in [0, 0.1) is 0 Å². The molecule has 0 heterocycles. The minimum atomic E-state index is -0.428. The van der Waals surface area contributed by atoms with E-state index in [9.17, 15) is 9.59 Å². The number of hydrogen-bond acceptors (Lipinski definition) is 3. The van der Waals surface area contributed by atoms with Crippen molar-refractivity contribution in [2.45, 2.75) is 31.8 Å². The molecule has 0 saturated heterocycles. The highest BCUT2D eigenvalue weighted by Crippen LogP contribution is 2.22. The van der Waals surface area contributed by atoms with Gasteiger partial charge in [0.25, 0.3) is 5.91 Å². The summed E-state index contributed by atoms with van der Waals surface area (Å²) in [6.45, 7) is 2.03. The quantitative estimate of drug-likeness (QED) is 0.525. The van der Waals surface area contributed by atoms with E-state index in [2.05, 4.69) is 10.6 Å². The molecule has 2 amide bonds. The monoisotopic (exact) mass is 416 g/mol. The number of amides is 2. The molecule has 5 heteroatoms. The molecule has 0 radical (unpaired) electrons. The summed E-state index contributed by atoms with van der Waals surface area (Å²) in [5.41, 5.74) is 2.47. The first-order valence-electron chi connectivity index (χ1n) is 10.4. The molecule has 0 spiro atoms. The van der Waals surface area contributed by atoms with Gasteiger partial charge in [0.05, 0.1) is 25.6 Å². The molecule has 0 fully saturated rings. The summed E-state index contributed by atoms with van der Waals surface area (Å²) in [5, 5.41) is 6.11. The fraction of sp³-hybridized carbons (Fsp3) is 0.231. The molecule has 3 aromatic carbocycles. The van der Waals surface area contributed by atoms with Gasteiger partial charge < -0.3 is 15.4 Å². The third kappa shape index (κ3) is 6.19. The smallest absolute Gasteiger partial charge is 0.251 e. The molecule has 3 aromatic rings. The number of ether oxygens (including phenoxy) is 1. The Morgan fingerprint density at radius 3 is 1.94 bits per heavy atom. The number of benzene rings is 3. The van der Waals surface area contributed by atoms with Gasteiger partial charge in [-0.15, -0.1) is 0 Å². The molecule has 2 atom stereocenters. The van der Waals surface area contributed by atoms with Crippen molar-refractivity contribution in [2.75, 3.05) is 7.11 Å². The highest BCUT2D eigenvalue weighted by atomic mass is 16.5. The van der Waals surface area contributed by atoms with E-state index in [1.807, 2.05) is 79.7 Å². The van der Waals surface area contributed by atoms with Crippen LogP contribution in [0.5, 0.6) is 5.75 Å². The van der Waals surface area contributed by atoms with Gasteiger partial charge in [-0.1, -0.05) is 67.6 Å². The topological polar surface area (TPSA) is 67.4 Å². The summed E-state index contributed by atoms with van der Waals surface area (Å²) in [4.78, 5) is 25.6. The molecule has 0 aliphatic heterocycles. The van der Waals surface area contributed by atoms with E-state index >= 15 is 0 Å². The Hall–Kier alpha value is -3.60. The SMILES string of the molecule is CCC(NC(=O)CC(NC(=O)c1ccccc1)c1ccccc1)c1ccc(OC)cc1. The van der Waals surface area contributed by atoms with Crippen LogP contribution in [0.2, 0.25) is 0 Å². The Kier molecular flexibility index (Phi) is 7.82. The second-order valence-corrected chi connectivity index (χ2v) is 7.31. The van der Waals surface area contributed by atoms with Gasteiger partial charge in [0, 0.05) is 5.56 Å².